The predicted octanol–water partition coefficient (Wildman–Crippen LogP) is 3.62. The zero-order chi connectivity index (χ0) is 19.7. The first-order valence-corrected chi connectivity index (χ1v) is 9.44. The van der Waals surface area contributed by atoms with E-state index in [1.807, 2.05) is 56.3 Å². The van der Waals surface area contributed by atoms with Crippen LogP contribution in [-0.4, -0.2) is 20.9 Å². The lowest BCUT2D eigenvalue weighted by molar-refractivity contribution is 0.0930. The van der Waals surface area contributed by atoms with Gasteiger partial charge in [-0.1, -0.05) is 12.1 Å². The lowest BCUT2D eigenvalue weighted by atomic mass is 10.0. The summed E-state index contributed by atoms with van der Waals surface area (Å²) in [5.41, 5.74) is 10.9. The van der Waals surface area contributed by atoms with Crippen LogP contribution in [0.5, 0.6) is 0 Å². The number of carbonyl (C=O) groups excluding carboxylic acids is 1. The number of nitrogens with two attached hydrogens (primary N) is 1. The maximum absolute atomic E-state index is 12.8. The predicted molar refractivity (Wildman–Crippen MR) is 109 cm³/mol. The molecule has 3 aromatic rings. The first kappa shape index (κ1) is 18.1. The van der Waals surface area contributed by atoms with Gasteiger partial charge in [-0.05, 0) is 68.5 Å². The summed E-state index contributed by atoms with van der Waals surface area (Å²) in [6, 6.07) is 13.2. The van der Waals surface area contributed by atoms with Crippen molar-refractivity contribution in [2.24, 2.45) is 5.92 Å². The Morgan fingerprint density at radius 3 is 2.50 bits per heavy atom. The maximum atomic E-state index is 12.8. The molecule has 1 amide bonds. The number of hydrogen-bond donors (Lipinski definition) is 2. The SMILES string of the molecule is Cc1ccnc([C@@H](NC(=O)c2ccc(-c3cc(C)nc(N)n3)cc2)C2CC2)c1. The third kappa shape index (κ3) is 4.01. The van der Waals surface area contributed by atoms with Crippen LogP contribution in [0.4, 0.5) is 5.95 Å². The number of carbonyl (C=O) groups is 1. The molecule has 4 rings (SSSR count). The van der Waals surface area contributed by atoms with Gasteiger partial charge in [0.2, 0.25) is 5.95 Å². The van der Waals surface area contributed by atoms with Gasteiger partial charge in [0.15, 0.2) is 0 Å². The van der Waals surface area contributed by atoms with Crippen molar-refractivity contribution in [3.63, 3.8) is 0 Å². The molecule has 0 aliphatic heterocycles. The Morgan fingerprint density at radius 2 is 1.86 bits per heavy atom. The Bertz CT molecular complexity index is 991. The van der Waals surface area contributed by atoms with Crippen molar-refractivity contribution in [3.05, 3.63) is 71.2 Å². The van der Waals surface area contributed by atoms with Crippen LogP contribution in [0, 0.1) is 19.8 Å². The summed E-state index contributed by atoms with van der Waals surface area (Å²) in [5.74, 6) is 0.615. The topological polar surface area (TPSA) is 93.8 Å². The van der Waals surface area contributed by atoms with Crippen molar-refractivity contribution in [1.82, 2.24) is 20.3 Å². The first-order valence-electron chi connectivity index (χ1n) is 9.44. The van der Waals surface area contributed by atoms with E-state index in [2.05, 4.69) is 20.3 Å². The minimum atomic E-state index is -0.0925. The Balaban J connectivity index is 1.53. The molecule has 0 spiro atoms. The highest BCUT2D eigenvalue weighted by Crippen LogP contribution is 2.40. The highest BCUT2D eigenvalue weighted by molar-refractivity contribution is 5.95. The lowest BCUT2D eigenvalue weighted by Gasteiger charge is -2.18. The Hall–Kier alpha value is -3.28. The smallest absolute Gasteiger partial charge is 0.251 e. The molecule has 3 N–H and O–H groups in total. The molecule has 1 aliphatic rings. The molecule has 2 aromatic heterocycles. The number of amides is 1. The van der Waals surface area contributed by atoms with Gasteiger partial charge < -0.3 is 11.1 Å². The van der Waals surface area contributed by atoms with Crippen LogP contribution < -0.4 is 11.1 Å². The number of hydrogen-bond acceptors (Lipinski definition) is 5. The van der Waals surface area contributed by atoms with Gasteiger partial charge in [0, 0.05) is 23.0 Å². The molecule has 142 valence electrons. The Morgan fingerprint density at radius 1 is 1.11 bits per heavy atom. The average Bonchev–Trinajstić information content (AvgIpc) is 3.50. The van der Waals surface area contributed by atoms with Gasteiger partial charge in [-0.2, -0.15) is 0 Å². The molecule has 1 fully saturated rings. The zero-order valence-electron chi connectivity index (χ0n) is 16.0. The van der Waals surface area contributed by atoms with Crippen LogP contribution in [0.1, 0.15) is 46.2 Å². The van der Waals surface area contributed by atoms with E-state index in [4.69, 9.17) is 5.73 Å². The molecule has 1 aliphatic carbocycles. The maximum Gasteiger partial charge on any atom is 0.251 e. The molecular weight excluding hydrogens is 350 g/mol. The quantitative estimate of drug-likeness (QED) is 0.712. The summed E-state index contributed by atoms with van der Waals surface area (Å²) in [6.45, 7) is 3.91. The van der Waals surface area contributed by atoms with E-state index in [0.717, 1.165) is 41.1 Å². The fourth-order valence-electron chi connectivity index (χ4n) is 3.35. The van der Waals surface area contributed by atoms with Crippen molar-refractivity contribution in [1.29, 1.82) is 0 Å². The van der Waals surface area contributed by atoms with Crippen LogP contribution >= 0.6 is 0 Å². The summed E-state index contributed by atoms with van der Waals surface area (Å²) in [7, 11) is 0. The van der Waals surface area contributed by atoms with E-state index in [-0.39, 0.29) is 17.9 Å². The number of nitrogens with zero attached hydrogens (tertiary/aromatic N) is 3. The second-order valence-corrected chi connectivity index (χ2v) is 7.38. The number of nitrogens with one attached hydrogen (secondary N) is 1. The number of anilines is 1. The van der Waals surface area contributed by atoms with E-state index in [1.54, 1.807) is 6.20 Å². The van der Waals surface area contributed by atoms with Crippen LogP contribution in [-0.2, 0) is 0 Å². The van der Waals surface area contributed by atoms with Crippen LogP contribution in [0.25, 0.3) is 11.3 Å². The van der Waals surface area contributed by atoms with Gasteiger partial charge in [-0.15, -0.1) is 0 Å². The number of aryl methyl sites for hydroxylation is 2. The fourth-order valence-corrected chi connectivity index (χ4v) is 3.35. The molecule has 1 atom stereocenters. The molecule has 0 unspecified atom stereocenters. The summed E-state index contributed by atoms with van der Waals surface area (Å²) >= 11 is 0. The van der Waals surface area contributed by atoms with Crippen molar-refractivity contribution in [2.45, 2.75) is 32.7 Å². The Kier molecular flexibility index (Phi) is 4.77. The third-order valence-electron chi connectivity index (χ3n) is 4.95. The molecule has 0 radical (unpaired) electrons. The molecule has 1 saturated carbocycles. The van der Waals surface area contributed by atoms with Gasteiger partial charge in [0.05, 0.1) is 17.4 Å². The number of benzene rings is 1. The van der Waals surface area contributed by atoms with Crippen molar-refractivity contribution >= 4 is 11.9 Å². The van der Waals surface area contributed by atoms with Crippen molar-refractivity contribution < 1.29 is 4.79 Å². The van der Waals surface area contributed by atoms with E-state index >= 15 is 0 Å². The Labute approximate surface area is 164 Å². The molecule has 6 nitrogen and oxygen atoms in total. The summed E-state index contributed by atoms with van der Waals surface area (Å²) in [6.07, 6.45) is 4.04. The number of rotatable bonds is 5. The number of pyridine rings is 1. The molecule has 0 saturated heterocycles. The van der Waals surface area contributed by atoms with E-state index in [1.165, 1.54) is 0 Å². The normalized spacial score (nSPS) is 14.5. The van der Waals surface area contributed by atoms with E-state index in [9.17, 15) is 4.79 Å². The fraction of sp³-hybridized carbons (Fsp3) is 0.273. The minimum Gasteiger partial charge on any atom is -0.368 e. The lowest BCUT2D eigenvalue weighted by Crippen LogP contribution is -2.30. The van der Waals surface area contributed by atoms with Crippen LogP contribution in [0.2, 0.25) is 0 Å². The number of aromatic nitrogens is 3. The van der Waals surface area contributed by atoms with Gasteiger partial charge >= 0.3 is 0 Å². The monoisotopic (exact) mass is 373 g/mol. The highest BCUT2D eigenvalue weighted by atomic mass is 16.1. The molecule has 0 bridgehead atoms. The number of nitrogen functional groups attached to an aromatic ring is 1. The van der Waals surface area contributed by atoms with E-state index in [0.29, 0.717) is 11.5 Å². The van der Waals surface area contributed by atoms with Crippen molar-refractivity contribution in [3.8, 4) is 11.3 Å². The highest BCUT2D eigenvalue weighted by Gasteiger charge is 2.34. The van der Waals surface area contributed by atoms with Gasteiger partial charge in [-0.25, -0.2) is 9.97 Å². The van der Waals surface area contributed by atoms with Gasteiger partial charge in [0.25, 0.3) is 5.91 Å². The zero-order valence-corrected chi connectivity index (χ0v) is 16.0. The summed E-state index contributed by atoms with van der Waals surface area (Å²) < 4.78 is 0. The van der Waals surface area contributed by atoms with Crippen molar-refractivity contribution in [2.75, 3.05) is 5.73 Å². The van der Waals surface area contributed by atoms with Crippen LogP contribution in [0.15, 0.2) is 48.7 Å². The second kappa shape index (κ2) is 7.38. The molecule has 1 aromatic carbocycles. The third-order valence-corrected chi connectivity index (χ3v) is 4.95. The molecule has 6 heteroatoms. The average molecular weight is 373 g/mol. The molecular formula is C22H23N5O. The largest absolute Gasteiger partial charge is 0.368 e. The summed E-state index contributed by atoms with van der Waals surface area (Å²) in [4.78, 5) is 25.7. The first-order chi connectivity index (χ1) is 13.5. The second-order valence-electron chi connectivity index (χ2n) is 7.38. The minimum absolute atomic E-state index is 0.0450. The molecule has 2 heterocycles. The van der Waals surface area contributed by atoms with Gasteiger partial charge in [-0.3, -0.25) is 9.78 Å². The van der Waals surface area contributed by atoms with Gasteiger partial charge in [0.1, 0.15) is 0 Å². The standard InChI is InChI=1S/C22H23N5O/c1-13-9-10-24-19(11-13)20(16-5-6-16)27-21(28)17-7-3-15(4-8-17)18-12-14(2)25-22(23)26-18/h3-4,7-12,16,20H,5-6H2,1-2H3,(H,27,28)(H2,23,25,26)/t20-/m0/s1. The van der Waals surface area contributed by atoms with Crippen LogP contribution in [0.3, 0.4) is 0 Å². The molecule has 28 heavy (non-hydrogen) atoms. The summed E-state index contributed by atoms with van der Waals surface area (Å²) in [5, 5.41) is 3.17. The van der Waals surface area contributed by atoms with E-state index < -0.39 is 0 Å².